The molecule has 2 rings (SSSR count). The molecule has 5 heteroatoms. The molecular weight excluding hydrogens is 244 g/mol. The van der Waals surface area contributed by atoms with Gasteiger partial charge in [-0.05, 0) is 19.3 Å². The highest BCUT2D eigenvalue weighted by molar-refractivity contribution is 5.98. The van der Waals surface area contributed by atoms with Gasteiger partial charge in [-0.3, -0.25) is 9.59 Å². The molecule has 0 aromatic rings. The predicted molar refractivity (Wildman–Crippen MR) is 71.6 cm³/mol. The van der Waals surface area contributed by atoms with E-state index in [0.29, 0.717) is 6.61 Å². The third-order valence-corrected chi connectivity index (χ3v) is 4.34. The molecule has 2 amide bonds. The molecule has 0 aromatic heterocycles. The zero-order valence-electron chi connectivity index (χ0n) is 11.9. The monoisotopic (exact) mass is 268 g/mol. The van der Waals surface area contributed by atoms with Gasteiger partial charge in [-0.2, -0.15) is 0 Å². The van der Waals surface area contributed by atoms with Gasteiger partial charge in [-0.25, -0.2) is 0 Å². The van der Waals surface area contributed by atoms with Crippen LogP contribution in [0.15, 0.2) is 0 Å². The Morgan fingerprint density at radius 2 is 2.00 bits per heavy atom. The van der Waals surface area contributed by atoms with Crippen molar-refractivity contribution >= 4 is 11.8 Å². The summed E-state index contributed by atoms with van der Waals surface area (Å²) in [6.45, 7) is 2.69. The molecule has 19 heavy (non-hydrogen) atoms. The molecule has 1 aliphatic heterocycles. The molecule has 108 valence electrons. The number of hydrogen-bond donors (Lipinski definition) is 1. The van der Waals surface area contributed by atoms with E-state index in [0.717, 1.165) is 38.5 Å². The van der Waals surface area contributed by atoms with Crippen molar-refractivity contribution in [2.45, 2.75) is 57.0 Å². The summed E-state index contributed by atoms with van der Waals surface area (Å²) in [5, 5.41) is 2.96. The number of nitrogens with zero attached hydrogens (tertiary/aromatic N) is 1. The van der Waals surface area contributed by atoms with Crippen LogP contribution in [0.3, 0.4) is 0 Å². The molecule has 5 nitrogen and oxygen atoms in total. The zero-order valence-corrected chi connectivity index (χ0v) is 11.9. The first kappa shape index (κ1) is 14.3. The quantitative estimate of drug-likeness (QED) is 0.830. The Bertz CT molecular complexity index is 351. The molecule has 2 aliphatic rings. The second-order valence-electron chi connectivity index (χ2n) is 5.64. The Kier molecular flexibility index (Phi) is 4.45. The van der Waals surface area contributed by atoms with Gasteiger partial charge in [0.15, 0.2) is 0 Å². The van der Waals surface area contributed by atoms with Gasteiger partial charge >= 0.3 is 0 Å². The maximum atomic E-state index is 12.8. The first-order chi connectivity index (χ1) is 9.13. The Morgan fingerprint density at radius 1 is 1.32 bits per heavy atom. The van der Waals surface area contributed by atoms with E-state index in [9.17, 15) is 9.59 Å². The van der Waals surface area contributed by atoms with E-state index in [1.807, 2.05) is 6.92 Å². The normalized spacial score (nSPS) is 24.4. The van der Waals surface area contributed by atoms with E-state index in [1.54, 1.807) is 12.0 Å². The smallest absolute Gasteiger partial charge is 0.249 e. The average molecular weight is 268 g/mol. The first-order valence-electron chi connectivity index (χ1n) is 7.24. The van der Waals surface area contributed by atoms with Crippen molar-refractivity contribution in [1.29, 1.82) is 0 Å². The van der Waals surface area contributed by atoms with Crippen LogP contribution in [0.1, 0.15) is 45.4 Å². The van der Waals surface area contributed by atoms with Crippen LogP contribution in [-0.4, -0.2) is 48.6 Å². The summed E-state index contributed by atoms with van der Waals surface area (Å²) in [5.74, 6) is 0.0618. The topological polar surface area (TPSA) is 58.6 Å². The summed E-state index contributed by atoms with van der Waals surface area (Å²) in [6.07, 6.45) is 5.54. The molecule has 1 saturated heterocycles. The van der Waals surface area contributed by atoms with Crippen molar-refractivity contribution in [2.75, 3.05) is 20.3 Å². The van der Waals surface area contributed by atoms with Crippen LogP contribution in [-0.2, 0) is 14.3 Å². The molecule has 2 fully saturated rings. The zero-order chi connectivity index (χ0) is 13.9. The standard InChI is InChI=1S/C14H24N2O3/c1-3-11(10-19-2)16-9-12(17)15-14(13(16)18)7-5-4-6-8-14/h11H,3-10H2,1-2H3,(H,15,17). The van der Waals surface area contributed by atoms with Crippen LogP contribution >= 0.6 is 0 Å². The van der Waals surface area contributed by atoms with Crippen molar-refractivity contribution in [2.24, 2.45) is 0 Å². The number of amides is 2. The number of piperazine rings is 1. The molecule has 1 aliphatic carbocycles. The van der Waals surface area contributed by atoms with Gasteiger partial charge in [0.05, 0.1) is 12.6 Å². The Hall–Kier alpha value is -1.10. The predicted octanol–water partition coefficient (Wildman–Crippen LogP) is 1.07. The average Bonchev–Trinajstić information content (AvgIpc) is 2.41. The molecule has 0 bridgehead atoms. The van der Waals surface area contributed by atoms with Crippen LogP contribution in [0, 0.1) is 0 Å². The number of rotatable bonds is 4. The highest BCUT2D eigenvalue weighted by Gasteiger charge is 2.48. The number of ether oxygens (including phenoxy) is 1. The Morgan fingerprint density at radius 3 is 2.58 bits per heavy atom. The maximum Gasteiger partial charge on any atom is 0.249 e. The summed E-state index contributed by atoms with van der Waals surface area (Å²) in [6, 6.07) is 0.00218. The van der Waals surface area contributed by atoms with Crippen molar-refractivity contribution in [3.63, 3.8) is 0 Å². The van der Waals surface area contributed by atoms with Gasteiger partial charge in [0, 0.05) is 7.11 Å². The lowest BCUT2D eigenvalue weighted by molar-refractivity contribution is -0.155. The largest absolute Gasteiger partial charge is 0.383 e. The Labute approximate surface area is 114 Å². The summed E-state index contributed by atoms with van der Waals surface area (Å²) < 4.78 is 5.18. The maximum absolute atomic E-state index is 12.8. The minimum atomic E-state index is -0.630. The van der Waals surface area contributed by atoms with E-state index in [1.165, 1.54) is 0 Å². The SMILES string of the molecule is CCC(COC)N1CC(=O)NC2(CCCCC2)C1=O. The van der Waals surface area contributed by atoms with Crippen molar-refractivity contribution in [3.05, 3.63) is 0 Å². The molecular formula is C14H24N2O3. The lowest BCUT2D eigenvalue weighted by Crippen LogP contribution is -2.69. The highest BCUT2D eigenvalue weighted by Crippen LogP contribution is 2.32. The van der Waals surface area contributed by atoms with Gasteiger partial charge in [-0.15, -0.1) is 0 Å². The molecule has 1 unspecified atom stereocenters. The van der Waals surface area contributed by atoms with Crippen molar-refractivity contribution in [1.82, 2.24) is 10.2 Å². The minimum absolute atomic E-state index is 0.00218. The second kappa shape index (κ2) is 5.90. The first-order valence-corrected chi connectivity index (χ1v) is 7.24. The van der Waals surface area contributed by atoms with Gasteiger partial charge in [0.1, 0.15) is 12.1 Å². The number of carbonyl (C=O) groups excluding carboxylic acids is 2. The molecule has 0 radical (unpaired) electrons. The summed E-state index contributed by atoms with van der Waals surface area (Å²) in [5.41, 5.74) is -0.630. The number of carbonyl (C=O) groups is 2. The van der Waals surface area contributed by atoms with Crippen LogP contribution in [0.4, 0.5) is 0 Å². The summed E-state index contributed by atoms with van der Waals surface area (Å²) >= 11 is 0. The summed E-state index contributed by atoms with van der Waals surface area (Å²) in [7, 11) is 1.63. The van der Waals surface area contributed by atoms with Crippen LogP contribution in [0.2, 0.25) is 0 Å². The minimum Gasteiger partial charge on any atom is -0.383 e. The van der Waals surface area contributed by atoms with Gasteiger partial charge in [-0.1, -0.05) is 26.2 Å². The molecule has 1 N–H and O–H groups in total. The number of methoxy groups -OCH3 is 1. The van der Waals surface area contributed by atoms with E-state index in [-0.39, 0.29) is 24.4 Å². The van der Waals surface area contributed by atoms with E-state index in [4.69, 9.17) is 4.74 Å². The lowest BCUT2D eigenvalue weighted by atomic mass is 9.79. The molecule has 1 atom stereocenters. The third-order valence-electron chi connectivity index (χ3n) is 4.34. The number of hydrogen-bond acceptors (Lipinski definition) is 3. The van der Waals surface area contributed by atoms with E-state index < -0.39 is 5.54 Å². The van der Waals surface area contributed by atoms with Crippen molar-refractivity contribution < 1.29 is 14.3 Å². The van der Waals surface area contributed by atoms with Crippen molar-refractivity contribution in [3.8, 4) is 0 Å². The van der Waals surface area contributed by atoms with Gasteiger partial charge < -0.3 is 15.0 Å². The van der Waals surface area contributed by atoms with Gasteiger partial charge in [0.2, 0.25) is 11.8 Å². The summed E-state index contributed by atoms with van der Waals surface area (Å²) in [4.78, 5) is 26.5. The molecule has 1 saturated carbocycles. The molecule has 1 heterocycles. The molecule has 1 spiro atoms. The molecule has 0 aromatic carbocycles. The van der Waals surface area contributed by atoms with E-state index in [2.05, 4.69) is 5.32 Å². The van der Waals surface area contributed by atoms with Gasteiger partial charge in [0.25, 0.3) is 0 Å². The van der Waals surface area contributed by atoms with Crippen LogP contribution in [0.25, 0.3) is 0 Å². The fourth-order valence-electron chi connectivity index (χ4n) is 3.27. The number of nitrogens with one attached hydrogen (secondary N) is 1. The fourth-order valence-corrected chi connectivity index (χ4v) is 3.27. The van der Waals surface area contributed by atoms with E-state index >= 15 is 0 Å². The lowest BCUT2D eigenvalue weighted by Gasteiger charge is -2.46. The third kappa shape index (κ3) is 2.76. The van der Waals surface area contributed by atoms with Crippen LogP contribution in [0.5, 0.6) is 0 Å². The highest BCUT2D eigenvalue weighted by atomic mass is 16.5. The Balaban J connectivity index is 2.19. The fraction of sp³-hybridized carbons (Fsp3) is 0.857. The van der Waals surface area contributed by atoms with Crippen LogP contribution < -0.4 is 5.32 Å². The second-order valence-corrected chi connectivity index (χ2v) is 5.64.